The van der Waals surface area contributed by atoms with Crippen molar-refractivity contribution in [2.24, 2.45) is 5.41 Å². The van der Waals surface area contributed by atoms with Crippen molar-refractivity contribution in [2.45, 2.75) is 94.8 Å². The van der Waals surface area contributed by atoms with Gasteiger partial charge in [-0.25, -0.2) is 0 Å². The third-order valence-corrected chi connectivity index (χ3v) is 7.75. The standard InChI is InChI=1S/C32H40O9/c1-6-14-32(36)23(18-25(33)27(32)38-19-22-9-11-24(37-5)12-10-22)13-17-30(35,21-39-28(34)29(2,3)4)26-20-40-31(41-26)15-7-8-16-31/h1,9-12,18,25-27,33,35-36H,7-8,14-16,19-21H2,2-5H3/t25-,26-,27+,30+,32-/m1/s1. The van der Waals surface area contributed by atoms with Gasteiger partial charge in [-0.3, -0.25) is 4.79 Å². The lowest BCUT2D eigenvalue weighted by Crippen LogP contribution is -2.49. The maximum Gasteiger partial charge on any atom is 0.311 e. The van der Waals surface area contributed by atoms with Gasteiger partial charge in [0.1, 0.15) is 36.3 Å². The van der Waals surface area contributed by atoms with Gasteiger partial charge in [-0.2, -0.15) is 0 Å². The minimum atomic E-state index is -1.96. The van der Waals surface area contributed by atoms with E-state index >= 15 is 0 Å². The highest BCUT2D eigenvalue weighted by atomic mass is 16.8. The summed E-state index contributed by atoms with van der Waals surface area (Å²) in [5.41, 5.74) is -3.69. The van der Waals surface area contributed by atoms with Gasteiger partial charge < -0.3 is 39.0 Å². The van der Waals surface area contributed by atoms with E-state index in [0.717, 1.165) is 18.4 Å². The number of rotatable bonds is 8. The van der Waals surface area contributed by atoms with E-state index in [1.165, 1.54) is 6.08 Å². The molecule has 1 heterocycles. The first-order valence-electron chi connectivity index (χ1n) is 13.9. The van der Waals surface area contributed by atoms with Crippen LogP contribution >= 0.6 is 0 Å². The number of terminal acetylenes is 1. The Morgan fingerprint density at radius 1 is 1.20 bits per heavy atom. The quantitative estimate of drug-likeness (QED) is 0.321. The highest BCUT2D eigenvalue weighted by molar-refractivity contribution is 5.75. The molecule has 9 nitrogen and oxygen atoms in total. The molecule has 0 aromatic heterocycles. The number of carbonyl (C=O) groups excluding carboxylic acids is 1. The van der Waals surface area contributed by atoms with Gasteiger partial charge in [-0.1, -0.05) is 24.0 Å². The largest absolute Gasteiger partial charge is 0.497 e. The third kappa shape index (κ3) is 6.79. The van der Waals surface area contributed by atoms with Crippen LogP contribution in [0.2, 0.25) is 0 Å². The highest BCUT2D eigenvalue weighted by Crippen LogP contribution is 2.42. The lowest BCUT2D eigenvalue weighted by molar-refractivity contribution is -0.189. The second-order valence-electron chi connectivity index (χ2n) is 12.0. The van der Waals surface area contributed by atoms with Crippen LogP contribution in [0.1, 0.15) is 58.4 Å². The van der Waals surface area contributed by atoms with Crippen LogP contribution in [0.3, 0.4) is 0 Å². The van der Waals surface area contributed by atoms with E-state index in [4.69, 9.17) is 30.1 Å². The Morgan fingerprint density at radius 2 is 1.88 bits per heavy atom. The fourth-order valence-electron chi connectivity index (χ4n) is 5.23. The number of aliphatic hydroxyl groups excluding tert-OH is 1. The van der Waals surface area contributed by atoms with Crippen molar-refractivity contribution in [3.63, 3.8) is 0 Å². The fourth-order valence-corrected chi connectivity index (χ4v) is 5.23. The van der Waals surface area contributed by atoms with Crippen molar-refractivity contribution >= 4 is 5.97 Å². The summed E-state index contributed by atoms with van der Waals surface area (Å²) in [7, 11) is 1.57. The first-order valence-corrected chi connectivity index (χ1v) is 13.9. The van der Waals surface area contributed by atoms with Crippen LogP contribution in [0.25, 0.3) is 0 Å². The van der Waals surface area contributed by atoms with E-state index in [9.17, 15) is 20.1 Å². The maximum atomic E-state index is 12.6. The van der Waals surface area contributed by atoms with Gasteiger partial charge in [-0.15, -0.1) is 12.3 Å². The van der Waals surface area contributed by atoms with Crippen molar-refractivity contribution in [2.75, 3.05) is 20.3 Å². The molecule has 222 valence electrons. The van der Waals surface area contributed by atoms with E-state index in [0.29, 0.717) is 18.6 Å². The van der Waals surface area contributed by atoms with Crippen LogP contribution < -0.4 is 4.74 Å². The number of methoxy groups -OCH3 is 1. The molecule has 0 unspecified atom stereocenters. The molecule has 1 spiro atoms. The maximum absolute atomic E-state index is 12.6. The number of esters is 1. The zero-order chi connectivity index (χ0) is 29.9. The summed E-state index contributed by atoms with van der Waals surface area (Å²) in [5.74, 6) is 7.43. The number of hydrogen-bond acceptors (Lipinski definition) is 9. The van der Waals surface area contributed by atoms with E-state index in [2.05, 4.69) is 17.8 Å². The van der Waals surface area contributed by atoms with Crippen LogP contribution in [0.5, 0.6) is 5.75 Å². The Labute approximate surface area is 241 Å². The summed E-state index contributed by atoms with van der Waals surface area (Å²) in [5, 5.41) is 34.2. The Hall–Kier alpha value is -2.89. The first-order chi connectivity index (χ1) is 19.3. The second kappa shape index (κ2) is 12.1. The van der Waals surface area contributed by atoms with Crippen molar-refractivity contribution in [3.05, 3.63) is 41.5 Å². The molecule has 9 heteroatoms. The molecule has 0 bridgehead atoms. The number of benzene rings is 1. The van der Waals surface area contributed by atoms with Crippen LogP contribution in [0.4, 0.5) is 0 Å². The molecule has 3 aliphatic rings. The lowest BCUT2D eigenvalue weighted by atomic mass is 9.88. The predicted octanol–water partition coefficient (Wildman–Crippen LogP) is 2.65. The average Bonchev–Trinajstić information content (AvgIpc) is 3.64. The van der Waals surface area contributed by atoms with Crippen LogP contribution in [-0.2, 0) is 30.3 Å². The average molecular weight is 569 g/mol. The number of hydrogen-bond donors (Lipinski definition) is 3. The van der Waals surface area contributed by atoms with Crippen LogP contribution in [0, 0.1) is 29.6 Å². The van der Waals surface area contributed by atoms with Gasteiger partial charge in [0.25, 0.3) is 0 Å². The van der Waals surface area contributed by atoms with Crippen LogP contribution in [-0.4, -0.2) is 76.9 Å². The molecule has 1 aliphatic heterocycles. The molecule has 0 radical (unpaired) electrons. The van der Waals surface area contributed by atoms with E-state index < -0.39 is 53.3 Å². The minimum absolute atomic E-state index is 0.0577. The molecule has 1 saturated heterocycles. The topological polar surface area (TPSA) is 124 Å². The van der Waals surface area contributed by atoms with Gasteiger partial charge >= 0.3 is 5.97 Å². The number of carbonyl (C=O) groups is 1. The minimum Gasteiger partial charge on any atom is -0.497 e. The van der Waals surface area contributed by atoms with Crippen LogP contribution in [0.15, 0.2) is 35.9 Å². The summed E-state index contributed by atoms with van der Waals surface area (Å²) < 4.78 is 28.8. The van der Waals surface area contributed by atoms with Gasteiger partial charge in [0.05, 0.1) is 25.7 Å². The molecule has 2 fully saturated rings. The van der Waals surface area contributed by atoms with E-state index in [1.807, 2.05) is 12.1 Å². The van der Waals surface area contributed by atoms with Crippen molar-refractivity contribution < 1.29 is 43.8 Å². The van der Waals surface area contributed by atoms with Gasteiger partial charge in [0.2, 0.25) is 0 Å². The Bertz CT molecular complexity index is 1220. The van der Waals surface area contributed by atoms with Gasteiger partial charge in [0, 0.05) is 24.8 Å². The van der Waals surface area contributed by atoms with Gasteiger partial charge in [0.15, 0.2) is 11.4 Å². The third-order valence-electron chi connectivity index (χ3n) is 7.75. The SMILES string of the molecule is C#CC[C@@]1(O)C(C#C[C@](O)(COC(=O)C(C)(C)C)[C@H]2COC3(CCCC3)O2)=C[C@@H](O)[C@@H]1OCc1ccc(OC)cc1. The predicted molar refractivity (Wildman–Crippen MR) is 149 cm³/mol. The Balaban J connectivity index is 1.57. The van der Waals surface area contributed by atoms with Crippen molar-refractivity contribution in [1.82, 2.24) is 0 Å². The zero-order valence-corrected chi connectivity index (χ0v) is 24.1. The molecule has 2 aliphatic carbocycles. The van der Waals surface area contributed by atoms with E-state index in [1.54, 1.807) is 40.0 Å². The summed E-state index contributed by atoms with van der Waals surface area (Å²) in [6, 6.07) is 7.19. The molecule has 1 aromatic rings. The summed E-state index contributed by atoms with van der Waals surface area (Å²) >= 11 is 0. The highest BCUT2D eigenvalue weighted by Gasteiger charge is 2.53. The normalized spacial score (nSPS) is 28.3. The smallest absolute Gasteiger partial charge is 0.311 e. The summed E-state index contributed by atoms with van der Waals surface area (Å²) in [6.07, 6.45) is 6.82. The Kier molecular flexibility index (Phi) is 9.20. The number of ether oxygens (including phenoxy) is 5. The molecule has 0 amide bonds. The zero-order valence-electron chi connectivity index (χ0n) is 24.1. The molecule has 3 N–H and O–H groups in total. The van der Waals surface area contributed by atoms with Crippen molar-refractivity contribution in [1.29, 1.82) is 0 Å². The summed E-state index contributed by atoms with van der Waals surface area (Å²) in [6.45, 7) is 4.80. The van der Waals surface area contributed by atoms with E-state index in [-0.39, 0.29) is 25.2 Å². The molecule has 41 heavy (non-hydrogen) atoms. The Morgan fingerprint density at radius 3 is 2.49 bits per heavy atom. The molecular weight excluding hydrogens is 528 g/mol. The van der Waals surface area contributed by atoms with Gasteiger partial charge in [-0.05, 0) is 57.4 Å². The molecular formula is C32H40O9. The second-order valence-corrected chi connectivity index (χ2v) is 12.0. The fraction of sp³-hybridized carbons (Fsp3) is 0.594. The molecule has 5 atom stereocenters. The number of aliphatic hydroxyl groups is 3. The molecule has 1 saturated carbocycles. The molecule has 4 rings (SSSR count). The first kappa shape index (κ1) is 31.1. The monoisotopic (exact) mass is 568 g/mol. The van der Waals surface area contributed by atoms with Crippen molar-refractivity contribution in [3.8, 4) is 29.9 Å². The lowest BCUT2D eigenvalue weighted by Gasteiger charge is -2.32. The molecule has 1 aromatic carbocycles. The summed E-state index contributed by atoms with van der Waals surface area (Å²) in [4.78, 5) is 12.6.